The topological polar surface area (TPSA) is 68.5 Å². The number of aromatic nitrogens is 1. The third-order valence-corrected chi connectivity index (χ3v) is 3.16. The maximum Gasteiger partial charge on any atom is 0.289 e. The van der Waals surface area contributed by atoms with E-state index in [9.17, 15) is 4.79 Å². The molecule has 1 aromatic heterocycles. The van der Waals surface area contributed by atoms with Gasteiger partial charge >= 0.3 is 0 Å². The first-order valence-corrected chi connectivity index (χ1v) is 6.13. The molecule has 18 heavy (non-hydrogen) atoms. The predicted molar refractivity (Wildman–Crippen MR) is 69.9 cm³/mol. The lowest BCUT2D eigenvalue weighted by atomic mass is 10.2. The Morgan fingerprint density at radius 3 is 2.72 bits per heavy atom. The molecule has 0 bridgehead atoms. The molecule has 0 saturated heterocycles. The van der Waals surface area contributed by atoms with E-state index in [2.05, 4.69) is 4.98 Å². The van der Waals surface area contributed by atoms with Gasteiger partial charge in [-0.25, -0.2) is 10.0 Å². The average Bonchev–Trinajstić information content (AvgIpc) is 2.83. The summed E-state index contributed by atoms with van der Waals surface area (Å²) in [7, 11) is 1.46. The fourth-order valence-electron chi connectivity index (χ4n) is 1.48. The van der Waals surface area contributed by atoms with E-state index in [4.69, 9.17) is 10.6 Å². The SMILES string of the molecule is CON(Cc1ccccc1)C(=O)c1cnc(N)s1. The number of hydrogen-bond donors (Lipinski definition) is 1. The predicted octanol–water partition coefficient (Wildman–Crippen LogP) is 1.93. The first-order chi connectivity index (χ1) is 8.70. The second-order valence-corrected chi connectivity index (χ2v) is 4.63. The van der Waals surface area contributed by atoms with Gasteiger partial charge in [-0.05, 0) is 5.56 Å². The van der Waals surface area contributed by atoms with Gasteiger partial charge in [-0.2, -0.15) is 0 Å². The minimum Gasteiger partial charge on any atom is -0.375 e. The first-order valence-electron chi connectivity index (χ1n) is 5.32. The number of hydroxylamine groups is 2. The Morgan fingerprint density at radius 1 is 1.44 bits per heavy atom. The fraction of sp³-hybridized carbons (Fsp3) is 0.167. The van der Waals surface area contributed by atoms with Crippen molar-refractivity contribution in [2.45, 2.75) is 6.54 Å². The molecule has 0 aliphatic heterocycles. The summed E-state index contributed by atoms with van der Waals surface area (Å²) in [5, 5.41) is 1.65. The Hall–Kier alpha value is -1.92. The van der Waals surface area contributed by atoms with E-state index in [0.29, 0.717) is 16.6 Å². The van der Waals surface area contributed by atoms with Crippen LogP contribution in [0.5, 0.6) is 0 Å². The van der Waals surface area contributed by atoms with Gasteiger partial charge in [0, 0.05) is 0 Å². The van der Waals surface area contributed by atoms with Crippen LogP contribution in [0.1, 0.15) is 15.2 Å². The van der Waals surface area contributed by atoms with Crippen molar-refractivity contribution in [2.24, 2.45) is 0 Å². The van der Waals surface area contributed by atoms with Crippen molar-refractivity contribution in [1.82, 2.24) is 10.0 Å². The molecule has 2 aromatic rings. The number of anilines is 1. The number of nitrogens with zero attached hydrogens (tertiary/aromatic N) is 2. The number of nitrogen functional groups attached to an aromatic ring is 1. The van der Waals surface area contributed by atoms with Crippen molar-refractivity contribution in [3.05, 3.63) is 47.0 Å². The van der Waals surface area contributed by atoms with Crippen LogP contribution < -0.4 is 5.73 Å². The van der Waals surface area contributed by atoms with Crippen LogP contribution >= 0.6 is 11.3 Å². The largest absolute Gasteiger partial charge is 0.375 e. The molecule has 1 heterocycles. The Bertz CT molecular complexity index is 527. The Morgan fingerprint density at radius 2 is 2.17 bits per heavy atom. The Kier molecular flexibility index (Phi) is 3.91. The fourth-order valence-corrected chi connectivity index (χ4v) is 2.10. The average molecular weight is 263 g/mol. The van der Waals surface area contributed by atoms with Crippen LogP contribution in [0.4, 0.5) is 5.13 Å². The molecule has 94 valence electrons. The molecule has 0 atom stereocenters. The normalized spacial score (nSPS) is 10.3. The summed E-state index contributed by atoms with van der Waals surface area (Å²) in [6.45, 7) is 0.383. The van der Waals surface area contributed by atoms with Gasteiger partial charge in [-0.15, -0.1) is 0 Å². The van der Waals surface area contributed by atoms with Crippen LogP contribution in [-0.2, 0) is 11.4 Å². The summed E-state index contributed by atoms with van der Waals surface area (Å²) in [6.07, 6.45) is 1.46. The van der Waals surface area contributed by atoms with Gasteiger partial charge in [0.1, 0.15) is 4.88 Å². The van der Waals surface area contributed by atoms with E-state index < -0.39 is 0 Å². The van der Waals surface area contributed by atoms with Gasteiger partial charge in [-0.1, -0.05) is 41.7 Å². The lowest BCUT2D eigenvalue weighted by molar-refractivity contribution is -0.101. The van der Waals surface area contributed by atoms with Crippen LogP contribution in [0.3, 0.4) is 0 Å². The highest BCUT2D eigenvalue weighted by Crippen LogP contribution is 2.18. The number of thiazole rings is 1. The van der Waals surface area contributed by atoms with E-state index >= 15 is 0 Å². The molecule has 0 saturated carbocycles. The molecule has 0 radical (unpaired) electrons. The molecule has 0 aliphatic carbocycles. The molecule has 0 aliphatic rings. The monoisotopic (exact) mass is 263 g/mol. The van der Waals surface area contributed by atoms with Crippen molar-refractivity contribution >= 4 is 22.4 Å². The number of nitrogens with two attached hydrogens (primary N) is 1. The highest BCUT2D eigenvalue weighted by atomic mass is 32.1. The number of amides is 1. The summed E-state index contributed by atoms with van der Waals surface area (Å²) in [5.41, 5.74) is 6.50. The van der Waals surface area contributed by atoms with Gasteiger partial charge in [0.25, 0.3) is 5.91 Å². The minimum absolute atomic E-state index is 0.240. The van der Waals surface area contributed by atoms with E-state index in [-0.39, 0.29) is 5.91 Å². The van der Waals surface area contributed by atoms with Crippen LogP contribution in [0, 0.1) is 0 Å². The number of hydrogen-bond acceptors (Lipinski definition) is 5. The van der Waals surface area contributed by atoms with Crippen molar-refractivity contribution < 1.29 is 9.63 Å². The molecule has 5 nitrogen and oxygen atoms in total. The van der Waals surface area contributed by atoms with Crippen molar-refractivity contribution in [3.8, 4) is 0 Å². The highest BCUT2D eigenvalue weighted by molar-refractivity contribution is 7.17. The van der Waals surface area contributed by atoms with Crippen LogP contribution in [0.2, 0.25) is 0 Å². The molecule has 1 amide bonds. The number of benzene rings is 1. The lowest BCUT2D eigenvalue weighted by Gasteiger charge is -2.18. The maximum absolute atomic E-state index is 12.1. The second kappa shape index (κ2) is 5.61. The Labute approximate surface area is 109 Å². The van der Waals surface area contributed by atoms with Gasteiger partial charge in [0.15, 0.2) is 5.13 Å². The summed E-state index contributed by atoms with van der Waals surface area (Å²) >= 11 is 1.15. The summed E-state index contributed by atoms with van der Waals surface area (Å²) in [5.74, 6) is -0.240. The number of carbonyl (C=O) groups is 1. The van der Waals surface area contributed by atoms with Crippen LogP contribution in [0.15, 0.2) is 36.5 Å². The van der Waals surface area contributed by atoms with Gasteiger partial charge in [-0.3, -0.25) is 9.63 Å². The number of carbonyl (C=O) groups excluding carboxylic acids is 1. The van der Waals surface area contributed by atoms with Crippen molar-refractivity contribution in [3.63, 3.8) is 0 Å². The summed E-state index contributed by atoms with van der Waals surface area (Å²) in [4.78, 5) is 21.5. The molecule has 2 rings (SSSR count). The second-order valence-electron chi connectivity index (χ2n) is 3.57. The van der Waals surface area contributed by atoms with Gasteiger partial charge < -0.3 is 5.73 Å². The van der Waals surface area contributed by atoms with E-state index in [1.165, 1.54) is 18.4 Å². The molecule has 0 spiro atoms. The van der Waals surface area contributed by atoms with E-state index in [1.807, 2.05) is 30.3 Å². The molecule has 1 aromatic carbocycles. The Balaban J connectivity index is 2.12. The highest BCUT2D eigenvalue weighted by Gasteiger charge is 2.18. The summed E-state index contributed by atoms with van der Waals surface area (Å²) < 4.78 is 0. The van der Waals surface area contributed by atoms with Gasteiger partial charge in [0.05, 0.1) is 19.9 Å². The van der Waals surface area contributed by atoms with Gasteiger partial charge in [0.2, 0.25) is 0 Å². The summed E-state index contributed by atoms with van der Waals surface area (Å²) in [6, 6.07) is 9.61. The van der Waals surface area contributed by atoms with E-state index in [1.54, 1.807) is 0 Å². The third-order valence-electron chi connectivity index (χ3n) is 2.35. The molecule has 2 N–H and O–H groups in total. The van der Waals surface area contributed by atoms with Crippen molar-refractivity contribution in [1.29, 1.82) is 0 Å². The molecular weight excluding hydrogens is 250 g/mol. The maximum atomic E-state index is 12.1. The smallest absolute Gasteiger partial charge is 0.289 e. The lowest BCUT2D eigenvalue weighted by Crippen LogP contribution is -2.28. The standard InChI is InChI=1S/C12H13N3O2S/c1-17-15(8-9-5-3-2-4-6-9)11(16)10-7-14-12(13)18-10/h2-7H,8H2,1H3,(H2,13,14). The molecule has 0 unspecified atom stereocenters. The van der Waals surface area contributed by atoms with Crippen LogP contribution in [-0.4, -0.2) is 23.1 Å². The molecule has 0 fully saturated rings. The van der Waals surface area contributed by atoms with E-state index in [0.717, 1.165) is 16.9 Å². The zero-order valence-electron chi connectivity index (χ0n) is 9.87. The zero-order chi connectivity index (χ0) is 13.0. The van der Waals surface area contributed by atoms with Crippen LogP contribution in [0.25, 0.3) is 0 Å². The quantitative estimate of drug-likeness (QED) is 0.856. The molecule has 6 heteroatoms. The zero-order valence-corrected chi connectivity index (χ0v) is 10.7. The minimum atomic E-state index is -0.240. The third kappa shape index (κ3) is 2.85. The number of rotatable bonds is 4. The van der Waals surface area contributed by atoms with Crippen molar-refractivity contribution in [2.75, 3.05) is 12.8 Å². The first kappa shape index (κ1) is 12.5. The molecular formula is C12H13N3O2S.